The van der Waals surface area contributed by atoms with E-state index in [4.69, 9.17) is 0 Å². The van der Waals surface area contributed by atoms with Crippen LogP contribution in [0.15, 0.2) is 29.1 Å². The molecule has 0 unspecified atom stereocenters. The molecule has 0 N–H and O–H groups in total. The highest BCUT2D eigenvalue weighted by Gasteiger charge is 2.28. The van der Waals surface area contributed by atoms with Crippen LogP contribution in [0.2, 0.25) is 0 Å². The lowest BCUT2D eigenvalue weighted by atomic mass is 10.1. The maximum atomic E-state index is 12.9. The molecule has 0 aromatic carbocycles. The van der Waals surface area contributed by atoms with Crippen molar-refractivity contribution in [1.82, 2.24) is 24.6 Å². The van der Waals surface area contributed by atoms with Crippen molar-refractivity contribution < 1.29 is 9.59 Å². The number of nitrogens with zero attached hydrogens (tertiary/aromatic N) is 5. The number of rotatable bonds is 2. The Morgan fingerprint density at radius 3 is 2.38 bits per heavy atom. The second-order valence-electron chi connectivity index (χ2n) is 6.66. The summed E-state index contributed by atoms with van der Waals surface area (Å²) >= 11 is 3.34. The second-order valence-corrected chi connectivity index (χ2v) is 7.58. The zero-order valence-corrected chi connectivity index (χ0v) is 16.0. The molecule has 0 bridgehead atoms. The average Bonchev–Trinajstić information content (AvgIpc) is 3.11. The Kier molecular flexibility index (Phi) is 4.76. The molecule has 7 nitrogen and oxygen atoms in total. The van der Waals surface area contributed by atoms with Crippen LogP contribution in [0.5, 0.6) is 0 Å². The molecule has 8 heteroatoms. The van der Waals surface area contributed by atoms with E-state index in [0.29, 0.717) is 31.7 Å². The lowest BCUT2D eigenvalue weighted by Gasteiger charge is -2.34. The summed E-state index contributed by atoms with van der Waals surface area (Å²) in [5.41, 5.74) is 2.34. The zero-order chi connectivity index (χ0) is 18.1. The zero-order valence-electron chi connectivity index (χ0n) is 14.4. The van der Waals surface area contributed by atoms with E-state index in [-0.39, 0.29) is 11.8 Å². The first-order chi connectivity index (χ1) is 12.6. The fraction of sp³-hybridized carbons (Fsp3) is 0.444. The maximum Gasteiger partial charge on any atom is 0.257 e. The van der Waals surface area contributed by atoms with E-state index in [1.807, 2.05) is 9.58 Å². The average molecular weight is 418 g/mol. The number of halogens is 1. The summed E-state index contributed by atoms with van der Waals surface area (Å²) in [5, 5.41) is 4.36. The largest absolute Gasteiger partial charge is 0.335 e. The fourth-order valence-electron chi connectivity index (χ4n) is 3.59. The van der Waals surface area contributed by atoms with Gasteiger partial charge in [-0.2, -0.15) is 5.10 Å². The van der Waals surface area contributed by atoms with Crippen LogP contribution in [-0.4, -0.2) is 62.6 Å². The normalized spacial score (nSPS) is 17.1. The Bertz CT molecular complexity index is 842. The van der Waals surface area contributed by atoms with Crippen molar-refractivity contribution in [3.05, 3.63) is 46.0 Å². The summed E-state index contributed by atoms with van der Waals surface area (Å²) in [5.74, 6) is -0.0156. The predicted octanol–water partition coefficient (Wildman–Crippen LogP) is 1.98. The number of hydrogen-bond donors (Lipinski definition) is 0. The van der Waals surface area contributed by atoms with Crippen LogP contribution in [0.4, 0.5) is 0 Å². The van der Waals surface area contributed by atoms with Crippen LogP contribution in [0.25, 0.3) is 0 Å². The number of carbonyl (C=O) groups excluding carboxylic acids is 2. The minimum atomic E-state index is -0.0474. The first-order valence-corrected chi connectivity index (χ1v) is 9.66. The molecule has 2 amide bonds. The smallest absolute Gasteiger partial charge is 0.257 e. The molecule has 0 aliphatic carbocycles. The van der Waals surface area contributed by atoms with Crippen molar-refractivity contribution in [3.8, 4) is 0 Å². The van der Waals surface area contributed by atoms with Gasteiger partial charge in [0.15, 0.2) is 0 Å². The third-order valence-electron chi connectivity index (χ3n) is 5.02. The molecular formula is C18H20BrN5O2. The number of aromatic nitrogens is 3. The molecule has 136 valence electrons. The topological polar surface area (TPSA) is 71.3 Å². The molecule has 2 aliphatic heterocycles. The van der Waals surface area contributed by atoms with E-state index < -0.39 is 0 Å². The first-order valence-electron chi connectivity index (χ1n) is 8.87. The predicted molar refractivity (Wildman–Crippen MR) is 98.9 cm³/mol. The van der Waals surface area contributed by atoms with Gasteiger partial charge in [0.1, 0.15) is 0 Å². The SMILES string of the molecule is O=C(c1cncc(Br)c1)N1CCN(C(=O)c2cnn3c2CCCC3)CC1. The van der Waals surface area contributed by atoms with Gasteiger partial charge >= 0.3 is 0 Å². The van der Waals surface area contributed by atoms with Gasteiger partial charge < -0.3 is 9.80 Å². The summed E-state index contributed by atoms with van der Waals surface area (Å²) in [4.78, 5) is 33.1. The second kappa shape index (κ2) is 7.19. The van der Waals surface area contributed by atoms with E-state index in [1.165, 1.54) is 0 Å². The van der Waals surface area contributed by atoms with Crippen LogP contribution in [0.3, 0.4) is 0 Å². The number of carbonyl (C=O) groups is 2. The van der Waals surface area contributed by atoms with Crippen molar-refractivity contribution in [1.29, 1.82) is 0 Å². The summed E-state index contributed by atoms with van der Waals surface area (Å²) in [6.07, 6.45) is 8.06. The van der Waals surface area contributed by atoms with Gasteiger partial charge in [0.25, 0.3) is 11.8 Å². The summed E-state index contributed by atoms with van der Waals surface area (Å²) in [6, 6.07) is 1.77. The summed E-state index contributed by atoms with van der Waals surface area (Å²) < 4.78 is 2.74. The highest BCUT2D eigenvalue weighted by molar-refractivity contribution is 9.10. The molecule has 0 spiro atoms. The third-order valence-corrected chi connectivity index (χ3v) is 5.45. The van der Waals surface area contributed by atoms with Gasteiger partial charge in [0.2, 0.25) is 0 Å². The number of piperazine rings is 1. The molecule has 2 aliphatic rings. The Morgan fingerprint density at radius 1 is 0.923 bits per heavy atom. The van der Waals surface area contributed by atoms with E-state index >= 15 is 0 Å². The lowest BCUT2D eigenvalue weighted by molar-refractivity contribution is 0.0534. The van der Waals surface area contributed by atoms with Crippen molar-refractivity contribution in [2.75, 3.05) is 26.2 Å². The van der Waals surface area contributed by atoms with Crippen molar-refractivity contribution in [2.45, 2.75) is 25.8 Å². The van der Waals surface area contributed by atoms with Crippen molar-refractivity contribution >= 4 is 27.7 Å². The third kappa shape index (κ3) is 3.25. The molecule has 0 saturated carbocycles. The molecule has 2 aromatic rings. The molecule has 4 heterocycles. The Balaban J connectivity index is 1.41. The van der Waals surface area contributed by atoms with Crippen LogP contribution in [0.1, 0.15) is 39.3 Å². The van der Waals surface area contributed by atoms with Crippen molar-refractivity contribution in [2.24, 2.45) is 0 Å². The molecule has 0 atom stereocenters. The van der Waals surface area contributed by atoms with Gasteiger partial charge in [0.05, 0.1) is 23.0 Å². The number of amides is 2. The van der Waals surface area contributed by atoms with Crippen LogP contribution in [0, 0.1) is 0 Å². The van der Waals surface area contributed by atoms with E-state index in [9.17, 15) is 9.59 Å². The fourth-order valence-corrected chi connectivity index (χ4v) is 3.96. The minimum Gasteiger partial charge on any atom is -0.335 e. The van der Waals surface area contributed by atoms with Gasteiger partial charge in [-0.05, 0) is 41.3 Å². The molecule has 1 fully saturated rings. The van der Waals surface area contributed by atoms with Crippen LogP contribution in [-0.2, 0) is 13.0 Å². The number of fused-ring (bicyclic) bond motifs is 1. The molecule has 1 saturated heterocycles. The number of aryl methyl sites for hydroxylation is 1. The number of hydrogen-bond acceptors (Lipinski definition) is 4. The van der Waals surface area contributed by atoms with Crippen LogP contribution >= 0.6 is 15.9 Å². The highest BCUT2D eigenvalue weighted by Crippen LogP contribution is 2.20. The monoisotopic (exact) mass is 417 g/mol. The quantitative estimate of drug-likeness (QED) is 0.748. The molecular weight excluding hydrogens is 398 g/mol. The molecule has 0 radical (unpaired) electrons. The van der Waals surface area contributed by atoms with E-state index in [2.05, 4.69) is 26.0 Å². The van der Waals surface area contributed by atoms with Gasteiger partial charge in [-0.3, -0.25) is 19.3 Å². The highest BCUT2D eigenvalue weighted by atomic mass is 79.9. The number of pyridine rings is 1. The van der Waals surface area contributed by atoms with Gasteiger partial charge in [0, 0.05) is 49.6 Å². The van der Waals surface area contributed by atoms with Gasteiger partial charge in [-0.25, -0.2) is 0 Å². The van der Waals surface area contributed by atoms with Gasteiger partial charge in [-0.1, -0.05) is 0 Å². The Labute approximate surface area is 160 Å². The van der Waals surface area contributed by atoms with E-state index in [0.717, 1.165) is 41.5 Å². The molecule has 26 heavy (non-hydrogen) atoms. The minimum absolute atomic E-state index is 0.0318. The Morgan fingerprint density at radius 2 is 1.65 bits per heavy atom. The van der Waals surface area contributed by atoms with Crippen LogP contribution < -0.4 is 0 Å². The molecule has 4 rings (SSSR count). The lowest BCUT2D eigenvalue weighted by Crippen LogP contribution is -2.50. The standard InChI is InChI=1S/C18H20BrN5O2/c19-14-9-13(10-20-11-14)17(25)22-5-7-23(8-6-22)18(26)15-12-21-24-4-2-1-3-16(15)24/h9-12H,1-8H2. The van der Waals surface area contributed by atoms with Crippen molar-refractivity contribution in [3.63, 3.8) is 0 Å². The van der Waals surface area contributed by atoms with E-state index in [1.54, 1.807) is 29.6 Å². The summed E-state index contributed by atoms with van der Waals surface area (Å²) in [6.45, 7) is 3.03. The Hall–Kier alpha value is -2.22. The van der Waals surface area contributed by atoms with Gasteiger partial charge in [-0.15, -0.1) is 0 Å². The molecule has 2 aromatic heterocycles. The maximum absolute atomic E-state index is 12.9. The first kappa shape index (κ1) is 17.2. The summed E-state index contributed by atoms with van der Waals surface area (Å²) in [7, 11) is 0.